The van der Waals surface area contributed by atoms with Gasteiger partial charge in [0.2, 0.25) is 0 Å². The van der Waals surface area contributed by atoms with Gasteiger partial charge in [0.15, 0.2) is 0 Å². The number of ether oxygens (including phenoxy) is 1. The van der Waals surface area contributed by atoms with Crippen LogP contribution in [-0.4, -0.2) is 18.3 Å². The van der Waals surface area contributed by atoms with E-state index < -0.39 is 0 Å². The first-order chi connectivity index (χ1) is 5.90. The van der Waals surface area contributed by atoms with Gasteiger partial charge in [-0.3, -0.25) is 0 Å². The van der Waals surface area contributed by atoms with Crippen molar-refractivity contribution in [3.05, 3.63) is 29.8 Å². The van der Waals surface area contributed by atoms with Gasteiger partial charge in [-0.05, 0) is 18.1 Å². The monoisotopic (exact) mass is 164 g/mol. The molecule has 0 aliphatic carbocycles. The van der Waals surface area contributed by atoms with Crippen LogP contribution in [0.3, 0.4) is 0 Å². The minimum atomic E-state index is 0.217. The molecule has 0 radical (unpaired) electrons. The second kappa shape index (κ2) is 3.15. The zero-order valence-electron chi connectivity index (χ0n) is 6.86. The van der Waals surface area contributed by atoms with Gasteiger partial charge in [0, 0.05) is 12.5 Å². The summed E-state index contributed by atoms with van der Waals surface area (Å²) in [7, 11) is 0. The van der Waals surface area contributed by atoms with Gasteiger partial charge in [-0.2, -0.15) is 0 Å². The molecule has 1 aliphatic rings. The SMILES string of the molecule is OCC1COc2ccccc2C1. The van der Waals surface area contributed by atoms with Crippen LogP contribution in [0.2, 0.25) is 0 Å². The summed E-state index contributed by atoms with van der Waals surface area (Å²) in [5, 5.41) is 8.94. The zero-order chi connectivity index (χ0) is 8.39. The Kier molecular flexibility index (Phi) is 2.00. The smallest absolute Gasteiger partial charge is 0.122 e. The third-order valence-electron chi connectivity index (χ3n) is 2.21. The molecule has 0 saturated heterocycles. The Hall–Kier alpha value is -1.02. The fourth-order valence-corrected chi connectivity index (χ4v) is 1.51. The van der Waals surface area contributed by atoms with Gasteiger partial charge in [0.05, 0.1) is 6.61 Å². The minimum absolute atomic E-state index is 0.217. The highest BCUT2D eigenvalue weighted by atomic mass is 16.5. The molecule has 1 aromatic carbocycles. The van der Waals surface area contributed by atoms with E-state index in [2.05, 4.69) is 6.07 Å². The Morgan fingerprint density at radius 1 is 1.42 bits per heavy atom. The van der Waals surface area contributed by atoms with Crippen molar-refractivity contribution >= 4 is 0 Å². The number of rotatable bonds is 1. The number of hydrogen-bond donors (Lipinski definition) is 1. The Labute approximate surface area is 71.8 Å². The largest absolute Gasteiger partial charge is 0.493 e. The van der Waals surface area contributed by atoms with E-state index in [0.717, 1.165) is 12.2 Å². The molecule has 1 heterocycles. The van der Waals surface area contributed by atoms with Crippen LogP contribution in [-0.2, 0) is 6.42 Å². The zero-order valence-corrected chi connectivity index (χ0v) is 6.86. The van der Waals surface area contributed by atoms with Crippen molar-refractivity contribution in [3.63, 3.8) is 0 Å². The molecule has 0 spiro atoms. The van der Waals surface area contributed by atoms with Crippen molar-refractivity contribution in [2.24, 2.45) is 5.92 Å². The highest BCUT2D eigenvalue weighted by Gasteiger charge is 2.17. The minimum Gasteiger partial charge on any atom is -0.493 e. The molecule has 1 aromatic rings. The van der Waals surface area contributed by atoms with E-state index in [9.17, 15) is 0 Å². The fraction of sp³-hybridized carbons (Fsp3) is 0.400. The van der Waals surface area contributed by atoms with E-state index in [-0.39, 0.29) is 12.5 Å². The summed E-state index contributed by atoms with van der Waals surface area (Å²) in [5.74, 6) is 1.25. The Morgan fingerprint density at radius 2 is 2.25 bits per heavy atom. The standard InChI is InChI=1S/C10H12O2/c11-6-8-5-9-3-1-2-4-10(9)12-7-8/h1-4,8,11H,5-7H2. The predicted molar refractivity (Wildman–Crippen MR) is 46.2 cm³/mol. The second-order valence-corrected chi connectivity index (χ2v) is 3.17. The second-order valence-electron chi connectivity index (χ2n) is 3.17. The summed E-state index contributed by atoms with van der Waals surface area (Å²) >= 11 is 0. The van der Waals surface area contributed by atoms with Crippen LogP contribution in [0.4, 0.5) is 0 Å². The molecule has 0 bridgehead atoms. The Balaban J connectivity index is 2.23. The van der Waals surface area contributed by atoms with E-state index >= 15 is 0 Å². The third-order valence-corrected chi connectivity index (χ3v) is 2.21. The van der Waals surface area contributed by atoms with Gasteiger partial charge in [-0.25, -0.2) is 0 Å². The van der Waals surface area contributed by atoms with E-state index in [1.54, 1.807) is 0 Å². The first kappa shape index (κ1) is 7.62. The molecule has 2 rings (SSSR count). The molecule has 2 nitrogen and oxygen atoms in total. The van der Waals surface area contributed by atoms with Crippen molar-refractivity contribution < 1.29 is 9.84 Å². The first-order valence-corrected chi connectivity index (χ1v) is 4.21. The van der Waals surface area contributed by atoms with Crippen LogP contribution < -0.4 is 4.74 Å². The lowest BCUT2D eigenvalue weighted by Crippen LogP contribution is -2.23. The molecule has 64 valence electrons. The number of benzene rings is 1. The molecular formula is C10H12O2. The average Bonchev–Trinajstić information content (AvgIpc) is 2.17. The summed E-state index contributed by atoms with van der Waals surface area (Å²) < 4.78 is 5.47. The van der Waals surface area contributed by atoms with Crippen LogP contribution >= 0.6 is 0 Å². The molecule has 0 fully saturated rings. The van der Waals surface area contributed by atoms with Gasteiger partial charge in [0.25, 0.3) is 0 Å². The summed E-state index contributed by atoms with van der Waals surface area (Å²) in [6.07, 6.45) is 0.937. The number of para-hydroxylation sites is 1. The van der Waals surface area contributed by atoms with Crippen molar-refractivity contribution in [3.8, 4) is 5.75 Å². The van der Waals surface area contributed by atoms with Crippen molar-refractivity contribution in [2.75, 3.05) is 13.2 Å². The normalized spacial score (nSPS) is 21.2. The van der Waals surface area contributed by atoms with Gasteiger partial charge < -0.3 is 9.84 Å². The van der Waals surface area contributed by atoms with Crippen LogP contribution in [0.1, 0.15) is 5.56 Å². The molecular weight excluding hydrogens is 152 g/mol. The van der Waals surface area contributed by atoms with Gasteiger partial charge in [0.1, 0.15) is 5.75 Å². The van der Waals surface area contributed by atoms with Crippen LogP contribution in [0, 0.1) is 5.92 Å². The van der Waals surface area contributed by atoms with E-state index in [0.29, 0.717) is 6.61 Å². The molecule has 0 amide bonds. The van der Waals surface area contributed by atoms with Crippen LogP contribution in [0.25, 0.3) is 0 Å². The van der Waals surface area contributed by atoms with E-state index in [4.69, 9.17) is 9.84 Å². The lowest BCUT2D eigenvalue weighted by molar-refractivity contribution is 0.147. The molecule has 2 heteroatoms. The van der Waals surface area contributed by atoms with Crippen molar-refractivity contribution in [2.45, 2.75) is 6.42 Å². The maximum Gasteiger partial charge on any atom is 0.122 e. The van der Waals surface area contributed by atoms with Crippen molar-refractivity contribution in [1.29, 1.82) is 0 Å². The molecule has 1 aliphatic heterocycles. The predicted octanol–water partition coefficient (Wildman–Crippen LogP) is 1.23. The Morgan fingerprint density at radius 3 is 3.08 bits per heavy atom. The lowest BCUT2D eigenvalue weighted by atomic mass is 9.98. The number of fused-ring (bicyclic) bond motifs is 1. The topological polar surface area (TPSA) is 29.5 Å². The first-order valence-electron chi connectivity index (χ1n) is 4.21. The van der Waals surface area contributed by atoms with E-state index in [1.807, 2.05) is 18.2 Å². The molecule has 12 heavy (non-hydrogen) atoms. The van der Waals surface area contributed by atoms with Crippen LogP contribution in [0.15, 0.2) is 24.3 Å². The van der Waals surface area contributed by atoms with Gasteiger partial charge in [-0.15, -0.1) is 0 Å². The molecule has 0 saturated carbocycles. The van der Waals surface area contributed by atoms with Crippen LogP contribution in [0.5, 0.6) is 5.75 Å². The lowest BCUT2D eigenvalue weighted by Gasteiger charge is -2.23. The molecule has 0 aromatic heterocycles. The quantitative estimate of drug-likeness (QED) is 0.676. The maximum absolute atomic E-state index is 8.94. The summed E-state index contributed by atoms with van der Waals surface area (Å²) in [6.45, 7) is 0.863. The highest BCUT2D eigenvalue weighted by molar-refractivity contribution is 5.34. The number of aliphatic hydroxyl groups is 1. The van der Waals surface area contributed by atoms with E-state index in [1.165, 1.54) is 5.56 Å². The average molecular weight is 164 g/mol. The molecule has 1 atom stereocenters. The highest BCUT2D eigenvalue weighted by Crippen LogP contribution is 2.26. The molecule has 1 unspecified atom stereocenters. The summed E-state index contributed by atoms with van der Waals surface area (Å²) in [5.41, 5.74) is 1.21. The van der Waals surface area contributed by atoms with Crippen molar-refractivity contribution in [1.82, 2.24) is 0 Å². The third kappa shape index (κ3) is 1.30. The fourth-order valence-electron chi connectivity index (χ4n) is 1.51. The summed E-state index contributed by atoms with van der Waals surface area (Å²) in [6, 6.07) is 8.00. The summed E-state index contributed by atoms with van der Waals surface area (Å²) in [4.78, 5) is 0. The molecule has 1 N–H and O–H groups in total. The maximum atomic E-state index is 8.94. The Bertz CT molecular complexity index is 270. The van der Waals surface area contributed by atoms with Gasteiger partial charge >= 0.3 is 0 Å². The number of aliphatic hydroxyl groups excluding tert-OH is 1. The van der Waals surface area contributed by atoms with Gasteiger partial charge in [-0.1, -0.05) is 18.2 Å². The number of hydrogen-bond acceptors (Lipinski definition) is 2.